The molecule has 1 saturated heterocycles. The van der Waals surface area contributed by atoms with Crippen LogP contribution in [-0.2, 0) is 6.54 Å². The van der Waals surface area contributed by atoms with Crippen molar-refractivity contribution in [2.45, 2.75) is 19.4 Å². The second-order valence-corrected chi connectivity index (χ2v) is 5.63. The number of fused-ring (bicyclic) bond motifs is 1. The van der Waals surface area contributed by atoms with Crippen molar-refractivity contribution in [2.75, 3.05) is 25.4 Å². The molecule has 1 fully saturated rings. The second kappa shape index (κ2) is 5.77. The number of nitrogen functional groups attached to an aromatic ring is 1. The first-order valence-corrected chi connectivity index (χ1v) is 7.23. The number of aliphatic hydroxyl groups is 1. The monoisotopic (exact) mass is 271 g/mol. The SMILES string of the molecule is Nc1nc2ccccc2cc1CN1CCC(CCO)C1. The minimum absolute atomic E-state index is 0.290. The Kier molecular flexibility index (Phi) is 3.85. The molecule has 106 valence electrons. The van der Waals surface area contributed by atoms with Crippen molar-refractivity contribution in [3.63, 3.8) is 0 Å². The van der Waals surface area contributed by atoms with Gasteiger partial charge in [0, 0.05) is 30.6 Å². The van der Waals surface area contributed by atoms with Crippen LogP contribution in [-0.4, -0.2) is 34.7 Å². The second-order valence-electron chi connectivity index (χ2n) is 5.63. The van der Waals surface area contributed by atoms with Crippen molar-refractivity contribution in [1.29, 1.82) is 0 Å². The van der Waals surface area contributed by atoms with E-state index < -0.39 is 0 Å². The van der Waals surface area contributed by atoms with Gasteiger partial charge in [0.25, 0.3) is 0 Å². The van der Waals surface area contributed by atoms with Gasteiger partial charge in [0.05, 0.1) is 5.52 Å². The summed E-state index contributed by atoms with van der Waals surface area (Å²) in [7, 11) is 0. The molecule has 0 aliphatic carbocycles. The number of rotatable bonds is 4. The highest BCUT2D eigenvalue weighted by atomic mass is 16.3. The smallest absolute Gasteiger partial charge is 0.128 e. The van der Waals surface area contributed by atoms with Crippen LogP contribution in [0.15, 0.2) is 30.3 Å². The third kappa shape index (κ3) is 2.76. The predicted octanol–water partition coefficient (Wildman–Crippen LogP) is 2.02. The van der Waals surface area contributed by atoms with Crippen molar-refractivity contribution in [2.24, 2.45) is 5.92 Å². The number of anilines is 1. The molecule has 3 rings (SSSR count). The third-order valence-electron chi connectivity index (χ3n) is 4.14. The van der Waals surface area contributed by atoms with Crippen LogP contribution in [0.25, 0.3) is 10.9 Å². The van der Waals surface area contributed by atoms with Gasteiger partial charge in [0.15, 0.2) is 0 Å². The van der Waals surface area contributed by atoms with E-state index in [9.17, 15) is 0 Å². The van der Waals surface area contributed by atoms with Gasteiger partial charge in [-0.3, -0.25) is 4.90 Å². The van der Waals surface area contributed by atoms with Gasteiger partial charge < -0.3 is 10.8 Å². The summed E-state index contributed by atoms with van der Waals surface area (Å²) in [5.41, 5.74) is 8.14. The van der Waals surface area contributed by atoms with Gasteiger partial charge in [-0.15, -0.1) is 0 Å². The molecule has 4 heteroatoms. The summed E-state index contributed by atoms with van der Waals surface area (Å²) in [4.78, 5) is 6.89. The first-order chi connectivity index (χ1) is 9.76. The van der Waals surface area contributed by atoms with Gasteiger partial charge >= 0.3 is 0 Å². The van der Waals surface area contributed by atoms with E-state index >= 15 is 0 Å². The van der Waals surface area contributed by atoms with Crippen LogP contribution < -0.4 is 5.73 Å². The maximum Gasteiger partial charge on any atom is 0.128 e. The van der Waals surface area contributed by atoms with Gasteiger partial charge in [-0.25, -0.2) is 4.98 Å². The number of aliphatic hydroxyl groups excluding tert-OH is 1. The highest BCUT2D eigenvalue weighted by Crippen LogP contribution is 2.24. The lowest BCUT2D eigenvalue weighted by Crippen LogP contribution is -2.21. The molecule has 2 aromatic rings. The van der Waals surface area contributed by atoms with Crippen LogP contribution in [0.2, 0.25) is 0 Å². The van der Waals surface area contributed by atoms with Gasteiger partial charge in [-0.05, 0) is 37.4 Å². The van der Waals surface area contributed by atoms with E-state index in [4.69, 9.17) is 10.8 Å². The quantitative estimate of drug-likeness (QED) is 0.893. The largest absolute Gasteiger partial charge is 0.396 e. The Morgan fingerprint density at radius 3 is 3.05 bits per heavy atom. The number of benzene rings is 1. The van der Waals surface area contributed by atoms with E-state index in [1.54, 1.807) is 0 Å². The predicted molar refractivity (Wildman–Crippen MR) is 81.2 cm³/mol. The van der Waals surface area contributed by atoms with E-state index in [1.165, 1.54) is 6.42 Å². The minimum atomic E-state index is 0.290. The lowest BCUT2D eigenvalue weighted by Gasteiger charge is -2.17. The number of hydrogen-bond donors (Lipinski definition) is 2. The zero-order valence-electron chi connectivity index (χ0n) is 11.6. The topological polar surface area (TPSA) is 62.4 Å². The number of pyridine rings is 1. The lowest BCUT2D eigenvalue weighted by atomic mass is 10.1. The van der Waals surface area contributed by atoms with Gasteiger partial charge in [0.2, 0.25) is 0 Å². The lowest BCUT2D eigenvalue weighted by molar-refractivity contribution is 0.249. The molecule has 0 amide bonds. The molecule has 0 spiro atoms. The molecule has 1 aromatic heterocycles. The van der Waals surface area contributed by atoms with E-state index in [0.717, 1.165) is 42.5 Å². The minimum Gasteiger partial charge on any atom is -0.396 e. The summed E-state index contributed by atoms with van der Waals surface area (Å²) in [6.07, 6.45) is 2.07. The average molecular weight is 271 g/mol. The van der Waals surface area contributed by atoms with Crippen LogP contribution in [0.5, 0.6) is 0 Å². The Hall–Kier alpha value is -1.65. The zero-order chi connectivity index (χ0) is 13.9. The molecule has 1 unspecified atom stereocenters. The fourth-order valence-electron chi connectivity index (χ4n) is 3.02. The Bertz CT molecular complexity index is 599. The van der Waals surface area contributed by atoms with Crippen molar-refractivity contribution in [3.8, 4) is 0 Å². The Morgan fingerprint density at radius 2 is 2.20 bits per heavy atom. The number of hydrogen-bond acceptors (Lipinski definition) is 4. The highest BCUT2D eigenvalue weighted by Gasteiger charge is 2.22. The molecule has 0 radical (unpaired) electrons. The molecule has 20 heavy (non-hydrogen) atoms. The third-order valence-corrected chi connectivity index (χ3v) is 4.14. The Balaban J connectivity index is 1.76. The molecule has 1 aliphatic heterocycles. The molecule has 4 nitrogen and oxygen atoms in total. The standard InChI is InChI=1S/C16H21N3O/c17-16-14(9-13-3-1-2-4-15(13)18-16)11-19-7-5-12(10-19)6-8-20/h1-4,9,12,20H,5-8,10-11H2,(H2,17,18). The number of aromatic nitrogens is 1. The van der Waals surface area contributed by atoms with Crippen LogP contribution in [0, 0.1) is 5.92 Å². The summed E-state index contributed by atoms with van der Waals surface area (Å²) in [5.74, 6) is 1.25. The van der Waals surface area contributed by atoms with Crippen molar-refractivity contribution >= 4 is 16.7 Å². The van der Waals surface area contributed by atoms with E-state index in [1.807, 2.05) is 18.2 Å². The summed E-state index contributed by atoms with van der Waals surface area (Å²) in [6, 6.07) is 10.2. The molecular formula is C16H21N3O. The molecule has 3 N–H and O–H groups in total. The molecule has 0 saturated carbocycles. The van der Waals surface area contributed by atoms with Gasteiger partial charge in [-0.1, -0.05) is 18.2 Å². The Labute approximate surface area is 119 Å². The molecular weight excluding hydrogens is 250 g/mol. The first-order valence-electron chi connectivity index (χ1n) is 7.23. The van der Waals surface area contributed by atoms with E-state index in [0.29, 0.717) is 11.7 Å². The number of nitrogens with two attached hydrogens (primary N) is 1. The van der Waals surface area contributed by atoms with Crippen molar-refractivity contribution < 1.29 is 5.11 Å². The number of para-hydroxylation sites is 1. The summed E-state index contributed by atoms with van der Waals surface area (Å²) in [5, 5.41) is 10.2. The normalized spacial score (nSPS) is 19.8. The first kappa shape index (κ1) is 13.3. The average Bonchev–Trinajstić information content (AvgIpc) is 2.87. The fraction of sp³-hybridized carbons (Fsp3) is 0.438. The molecule has 1 atom stereocenters. The zero-order valence-corrected chi connectivity index (χ0v) is 11.6. The maximum absolute atomic E-state index is 9.02. The summed E-state index contributed by atoms with van der Waals surface area (Å²) in [6.45, 7) is 3.27. The fourth-order valence-corrected chi connectivity index (χ4v) is 3.02. The summed E-state index contributed by atoms with van der Waals surface area (Å²) < 4.78 is 0. The van der Waals surface area contributed by atoms with Gasteiger partial charge in [-0.2, -0.15) is 0 Å². The molecule has 2 heterocycles. The summed E-state index contributed by atoms with van der Waals surface area (Å²) >= 11 is 0. The number of likely N-dealkylation sites (tertiary alicyclic amines) is 1. The molecule has 0 bridgehead atoms. The van der Waals surface area contributed by atoms with Crippen LogP contribution in [0.3, 0.4) is 0 Å². The van der Waals surface area contributed by atoms with Crippen molar-refractivity contribution in [1.82, 2.24) is 9.88 Å². The highest BCUT2D eigenvalue weighted by molar-refractivity contribution is 5.81. The van der Waals surface area contributed by atoms with Crippen LogP contribution in [0.1, 0.15) is 18.4 Å². The Morgan fingerprint density at radius 1 is 1.35 bits per heavy atom. The molecule has 1 aliphatic rings. The number of nitrogens with zero attached hydrogens (tertiary/aromatic N) is 2. The van der Waals surface area contributed by atoms with E-state index in [-0.39, 0.29) is 6.61 Å². The molecule has 1 aromatic carbocycles. The van der Waals surface area contributed by atoms with Crippen LogP contribution in [0.4, 0.5) is 5.82 Å². The van der Waals surface area contributed by atoms with Crippen molar-refractivity contribution in [3.05, 3.63) is 35.9 Å². The maximum atomic E-state index is 9.02. The van der Waals surface area contributed by atoms with Crippen LogP contribution >= 0.6 is 0 Å². The van der Waals surface area contributed by atoms with Gasteiger partial charge in [0.1, 0.15) is 5.82 Å². The van der Waals surface area contributed by atoms with E-state index in [2.05, 4.69) is 22.0 Å².